The molecule has 1 saturated heterocycles. The average molecular weight is 467 g/mol. The van der Waals surface area contributed by atoms with Crippen LogP contribution in [-0.2, 0) is 29.2 Å². The Hall–Kier alpha value is -2.87. The molecule has 0 spiro atoms. The molecule has 6 nitrogen and oxygen atoms in total. The van der Waals surface area contributed by atoms with E-state index in [1.165, 1.54) is 0 Å². The maximum Gasteiger partial charge on any atom is 0.322 e. The largest absolute Gasteiger partial charge is 0.497 e. The van der Waals surface area contributed by atoms with Crippen LogP contribution in [0.4, 0.5) is 10.5 Å². The third-order valence-corrected chi connectivity index (χ3v) is 6.40. The second-order valence-electron chi connectivity index (χ2n) is 8.07. The molecule has 1 aliphatic rings. The Morgan fingerprint density at radius 2 is 1.97 bits per heavy atom. The normalized spacial score (nSPS) is 15.4. The summed E-state index contributed by atoms with van der Waals surface area (Å²) in [6, 6.07) is 19.6. The lowest BCUT2D eigenvalue weighted by Crippen LogP contribution is -2.39. The van der Waals surface area contributed by atoms with Crippen LogP contribution in [0.3, 0.4) is 0 Å². The molecule has 174 valence electrons. The molecule has 1 fully saturated rings. The Labute approximate surface area is 199 Å². The Morgan fingerprint density at radius 3 is 2.70 bits per heavy atom. The molecular formula is C26H30N2O4S. The molecule has 2 amide bonds. The minimum atomic E-state index is -0.116. The number of hydrogen-bond acceptors (Lipinski definition) is 5. The van der Waals surface area contributed by atoms with E-state index >= 15 is 0 Å². The third kappa shape index (κ3) is 7.05. The van der Waals surface area contributed by atoms with Gasteiger partial charge in [0.15, 0.2) is 0 Å². The molecule has 7 heteroatoms. The number of thiophene rings is 1. The van der Waals surface area contributed by atoms with E-state index in [4.69, 9.17) is 14.2 Å². The first-order valence-electron chi connectivity index (χ1n) is 11.2. The van der Waals surface area contributed by atoms with Crippen LogP contribution in [0.2, 0.25) is 0 Å². The molecule has 1 aliphatic heterocycles. The highest BCUT2D eigenvalue weighted by Gasteiger charge is 2.23. The van der Waals surface area contributed by atoms with Gasteiger partial charge in [-0.3, -0.25) is 0 Å². The van der Waals surface area contributed by atoms with Crippen LogP contribution in [0.15, 0.2) is 66.0 Å². The Kier molecular flexibility index (Phi) is 8.35. The van der Waals surface area contributed by atoms with Crippen LogP contribution in [0.25, 0.3) is 0 Å². The summed E-state index contributed by atoms with van der Waals surface area (Å²) >= 11 is 1.66. The molecule has 3 aromatic rings. The highest BCUT2D eigenvalue weighted by molar-refractivity contribution is 7.09. The lowest BCUT2D eigenvalue weighted by molar-refractivity contribution is 0.0821. The number of anilines is 1. The fraction of sp³-hybridized carbons (Fsp3) is 0.346. The molecule has 1 N–H and O–H groups in total. The zero-order valence-electron chi connectivity index (χ0n) is 18.9. The van der Waals surface area contributed by atoms with Crippen molar-refractivity contribution in [2.24, 2.45) is 0 Å². The van der Waals surface area contributed by atoms with Crippen molar-refractivity contribution in [2.45, 2.75) is 38.7 Å². The predicted octanol–water partition coefficient (Wildman–Crippen LogP) is 5.69. The molecule has 0 bridgehead atoms. The third-order valence-electron chi connectivity index (χ3n) is 5.54. The average Bonchev–Trinajstić information content (AvgIpc) is 3.54. The van der Waals surface area contributed by atoms with Crippen LogP contribution < -0.4 is 10.1 Å². The van der Waals surface area contributed by atoms with E-state index in [1.807, 2.05) is 64.9 Å². The van der Waals surface area contributed by atoms with Gasteiger partial charge in [-0.15, -0.1) is 11.3 Å². The van der Waals surface area contributed by atoms with E-state index in [0.717, 1.165) is 46.9 Å². The van der Waals surface area contributed by atoms with Crippen molar-refractivity contribution in [2.75, 3.05) is 25.6 Å². The summed E-state index contributed by atoms with van der Waals surface area (Å²) < 4.78 is 16.8. The Bertz CT molecular complexity index is 1000. The molecule has 0 radical (unpaired) electrons. The number of benzene rings is 2. The summed E-state index contributed by atoms with van der Waals surface area (Å²) in [4.78, 5) is 16.1. The molecule has 1 unspecified atom stereocenters. The number of hydrogen-bond donors (Lipinski definition) is 1. The molecule has 33 heavy (non-hydrogen) atoms. The summed E-state index contributed by atoms with van der Waals surface area (Å²) in [6.07, 6.45) is 2.15. The van der Waals surface area contributed by atoms with Crippen molar-refractivity contribution in [3.63, 3.8) is 0 Å². The Morgan fingerprint density at radius 1 is 1.12 bits per heavy atom. The van der Waals surface area contributed by atoms with Gasteiger partial charge in [0, 0.05) is 23.7 Å². The van der Waals surface area contributed by atoms with Gasteiger partial charge in [0.2, 0.25) is 0 Å². The van der Waals surface area contributed by atoms with Crippen molar-refractivity contribution in [1.29, 1.82) is 0 Å². The highest BCUT2D eigenvalue weighted by atomic mass is 32.1. The maximum atomic E-state index is 13.1. The second-order valence-corrected chi connectivity index (χ2v) is 9.10. The van der Waals surface area contributed by atoms with Crippen LogP contribution in [0.1, 0.15) is 28.8 Å². The molecule has 1 atom stereocenters. The standard InChI is InChI=1S/C26H30N2O4S/c1-30-23-11-9-20(10-12-23)18-31-19-21-5-2-6-22(15-21)27-26(29)28(16-24-7-3-13-32-24)17-25-8-4-14-33-25/h2,4-6,8-12,14-15,24H,3,7,13,16-19H2,1H3,(H,27,29). The summed E-state index contributed by atoms with van der Waals surface area (Å²) in [5, 5.41) is 5.09. The SMILES string of the molecule is COc1ccc(COCc2cccc(NC(=O)N(Cc3cccs3)CC3CCCO3)c2)cc1. The monoisotopic (exact) mass is 466 g/mol. The van der Waals surface area contributed by atoms with Crippen molar-refractivity contribution in [3.8, 4) is 5.75 Å². The summed E-state index contributed by atoms with van der Waals surface area (Å²) in [5.41, 5.74) is 2.85. The van der Waals surface area contributed by atoms with Crippen LogP contribution in [-0.4, -0.2) is 37.3 Å². The van der Waals surface area contributed by atoms with Gasteiger partial charge in [-0.2, -0.15) is 0 Å². The molecule has 2 heterocycles. The Balaban J connectivity index is 1.33. The molecular weight excluding hydrogens is 436 g/mol. The molecule has 0 saturated carbocycles. The summed E-state index contributed by atoms with van der Waals surface area (Å²) in [7, 11) is 1.65. The van der Waals surface area contributed by atoms with Crippen LogP contribution in [0.5, 0.6) is 5.75 Å². The van der Waals surface area contributed by atoms with E-state index in [1.54, 1.807) is 18.4 Å². The number of methoxy groups -OCH3 is 1. The minimum absolute atomic E-state index is 0.105. The maximum absolute atomic E-state index is 13.1. The molecule has 0 aliphatic carbocycles. The van der Waals surface area contributed by atoms with Gasteiger partial charge < -0.3 is 24.4 Å². The minimum Gasteiger partial charge on any atom is -0.497 e. The highest BCUT2D eigenvalue weighted by Crippen LogP contribution is 2.20. The lowest BCUT2D eigenvalue weighted by atomic mass is 10.2. The van der Waals surface area contributed by atoms with Crippen LogP contribution in [0, 0.1) is 0 Å². The van der Waals surface area contributed by atoms with Crippen molar-refractivity contribution in [3.05, 3.63) is 82.0 Å². The first-order chi connectivity index (χ1) is 16.2. The zero-order chi connectivity index (χ0) is 22.9. The quantitative estimate of drug-likeness (QED) is 0.417. The lowest BCUT2D eigenvalue weighted by Gasteiger charge is -2.25. The number of carbonyl (C=O) groups excluding carboxylic acids is 1. The molecule has 4 rings (SSSR count). The van der Waals surface area contributed by atoms with Crippen molar-refractivity contribution < 1.29 is 19.0 Å². The predicted molar refractivity (Wildman–Crippen MR) is 131 cm³/mol. The number of nitrogens with zero attached hydrogens (tertiary/aromatic N) is 1. The number of nitrogens with one attached hydrogen (secondary N) is 1. The van der Waals surface area contributed by atoms with E-state index in [0.29, 0.717) is 26.3 Å². The first kappa shape index (κ1) is 23.3. The topological polar surface area (TPSA) is 60.0 Å². The van der Waals surface area contributed by atoms with Crippen LogP contribution >= 0.6 is 11.3 Å². The number of carbonyl (C=O) groups is 1. The van der Waals surface area contributed by atoms with E-state index in [2.05, 4.69) is 11.4 Å². The zero-order valence-corrected chi connectivity index (χ0v) is 19.7. The summed E-state index contributed by atoms with van der Waals surface area (Å²) in [6.45, 7) is 2.92. The fourth-order valence-electron chi connectivity index (χ4n) is 3.79. The number of amides is 2. The van der Waals surface area contributed by atoms with Crippen molar-refractivity contribution >= 4 is 23.1 Å². The van der Waals surface area contributed by atoms with E-state index < -0.39 is 0 Å². The second kappa shape index (κ2) is 11.8. The summed E-state index contributed by atoms with van der Waals surface area (Å²) in [5.74, 6) is 0.829. The van der Waals surface area contributed by atoms with Gasteiger partial charge >= 0.3 is 6.03 Å². The molecule has 2 aromatic carbocycles. The van der Waals surface area contributed by atoms with Gasteiger partial charge in [-0.25, -0.2) is 4.79 Å². The van der Waals surface area contributed by atoms with E-state index in [9.17, 15) is 4.79 Å². The fourth-order valence-corrected chi connectivity index (χ4v) is 4.51. The smallest absolute Gasteiger partial charge is 0.322 e. The van der Waals surface area contributed by atoms with Gasteiger partial charge in [-0.1, -0.05) is 30.3 Å². The van der Waals surface area contributed by atoms with E-state index in [-0.39, 0.29) is 12.1 Å². The molecule has 1 aromatic heterocycles. The number of urea groups is 1. The van der Waals surface area contributed by atoms with Gasteiger partial charge in [0.1, 0.15) is 5.75 Å². The number of ether oxygens (including phenoxy) is 3. The van der Waals surface area contributed by atoms with Gasteiger partial charge in [0.05, 0.1) is 33.0 Å². The first-order valence-corrected chi connectivity index (χ1v) is 12.1. The van der Waals surface area contributed by atoms with Gasteiger partial charge in [0.25, 0.3) is 0 Å². The van der Waals surface area contributed by atoms with Crippen molar-refractivity contribution in [1.82, 2.24) is 4.90 Å². The van der Waals surface area contributed by atoms with Gasteiger partial charge in [-0.05, 0) is 59.7 Å². The number of rotatable bonds is 10.